The Kier molecular flexibility index (Phi) is 4.28. The van der Waals surface area contributed by atoms with Crippen molar-refractivity contribution >= 4 is 5.69 Å². The smallest absolute Gasteiger partial charge is 0.269 e. The van der Waals surface area contributed by atoms with Crippen LogP contribution in [0.2, 0.25) is 0 Å². The molecular weight excluding hydrogens is 230 g/mol. The monoisotopic (exact) mass is 249 g/mol. The molecule has 18 heavy (non-hydrogen) atoms. The fourth-order valence-corrected chi connectivity index (χ4v) is 2.37. The summed E-state index contributed by atoms with van der Waals surface area (Å²) in [6.07, 6.45) is 3.21. The second-order valence-corrected chi connectivity index (χ2v) is 4.88. The summed E-state index contributed by atoms with van der Waals surface area (Å²) in [6.45, 7) is 3.05. The van der Waals surface area contributed by atoms with E-state index in [4.69, 9.17) is 5.73 Å². The average Bonchev–Trinajstić information content (AvgIpc) is 2.37. The second-order valence-electron chi connectivity index (χ2n) is 4.88. The van der Waals surface area contributed by atoms with Crippen LogP contribution in [0.25, 0.3) is 0 Å². The minimum atomic E-state index is -0.368. The van der Waals surface area contributed by atoms with Crippen LogP contribution in [0, 0.1) is 10.1 Å². The lowest BCUT2D eigenvalue weighted by Gasteiger charge is -2.30. The zero-order valence-corrected chi connectivity index (χ0v) is 10.4. The standard InChI is InChI=1S/C13H19N3O2/c14-12-2-1-8-15(10-12)9-7-11-3-5-13(6-4-11)16(17)18/h3-6,12H,1-2,7-10,14H2. The summed E-state index contributed by atoms with van der Waals surface area (Å²) in [7, 11) is 0. The van der Waals surface area contributed by atoms with Crippen LogP contribution in [0.1, 0.15) is 18.4 Å². The zero-order chi connectivity index (χ0) is 13.0. The second kappa shape index (κ2) is 5.93. The van der Waals surface area contributed by atoms with Gasteiger partial charge < -0.3 is 10.6 Å². The Balaban J connectivity index is 1.84. The molecule has 0 saturated carbocycles. The van der Waals surface area contributed by atoms with E-state index < -0.39 is 0 Å². The first-order valence-electron chi connectivity index (χ1n) is 6.36. The normalized spacial score (nSPS) is 20.8. The predicted octanol–water partition coefficient (Wildman–Crippen LogP) is 1.56. The van der Waals surface area contributed by atoms with Crippen molar-refractivity contribution in [1.82, 2.24) is 4.90 Å². The largest absolute Gasteiger partial charge is 0.327 e. The Morgan fingerprint density at radius 1 is 1.39 bits per heavy atom. The molecule has 5 nitrogen and oxygen atoms in total. The van der Waals surface area contributed by atoms with Gasteiger partial charge in [0.25, 0.3) is 5.69 Å². The quantitative estimate of drug-likeness (QED) is 0.649. The van der Waals surface area contributed by atoms with Crippen LogP contribution in [0.4, 0.5) is 5.69 Å². The highest BCUT2D eigenvalue weighted by Crippen LogP contribution is 2.14. The number of nitro benzene ring substituents is 1. The maximum absolute atomic E-state index is 10.5. The van der Waals surface area contributed by atoms with Crippen LogP contribution in [-0.4, -0.2) is 35.5 Å². The Labute approximate surface area is 107 Å². The van der Waals surface area contributed by atoms with E-state index in [1.165, 1.54) is 6.42 Å². The predicted molar refractivity (Wildman–Crippen MR) is 70.4 cm³/mol. The van der Waals surface area contributed by atoms with E-state index in [0.717, 1.165) is 38.0 Å². The molecule has 1 aliphatic rings. The number of rotatable bonds is 4. The van der Waals surface area contributed by atoms with Gasteiger partial charge in [-0.15, -0.1) is 0 Å². The summed E-state index contributed by atoms with van der Waals surface area (Å²) in [4.78, 5) is 12.5. The topological polar surface area (TPSA) is 72.4 Å². The first-order chi connectivity index (χ1) is 8.65. The molecule has 1 saturated heterocycles. The van der Waals surface area contributed by atoms with Crippen LogP contribution in [0.15, 0.2) is 24.3 Å². The fraction of sp³-hybridized carbons (Fsp3) is 0.538. The van der Waals surface area contributed by atoms with Gasteiger partial charge in [0.05, 0.1) is 4.92 Å². The van der Waals surface area contributed by atoms with Crippen LogP contribution in [0.5, 0.6) is 0 Å². The number of hydrogen-bond acceptors (Lipinski definition) is 4. The minimum absolute atomic E-state index is 0.152. The first kappa shape index (κ1) is 13.0. The molecule has 5 heteroatoms. The Bertz CT molecular complexity index is 405. The number of likely N-dealkylation sites (tertiary alicyclic amines) is 1. The third-order valence-corrected chi connectivity index (χ3v) is 3.41. The zero-order valence-electron chi connectivity index (χ0n) is 10.4. The SMILES string of the molecule is NC1CCCN(CCc2ccc([N+](=O)[O-])cc2)C1. The molecular formula is C13H19N3O2. The van der Waals surface area contributed by atoms with Gasteiger partial charge in [0.2, 0.25) is 0 Å². The van der Waals surface area contributed by atoms with E-state index in [1.807, 2.05) is 12.1 Å². The summed E-state index contributed by atoms with van der Waals surface area (Å²) < 4.78 is 0. The maximum atomic E-state index is 10.5. The highest BCUT2D eigenvalue weighted by atomic mass is 16.6. The number of non-ortho nitro benzene ring substituents is 1. The molecule has 0 aromatic heterocycles. The number of nitrogens with two attached hydrogens (primary N) is 1. The molecule has 1 heterocycles. The van der Waals surface area contributed by atoms with Gasteiger partial charge in [-0.3, -0.25) is 10.1 Å². The van der Waals surface area contributed by atoms with E-state index in [1.54, 1.807) is 12.1 Å². The number of nitro groups is 1. The molecule has 1 aliphatic heterocycles. The Morgan fingerprint density at radius 3 is 2.72 bits per heavy atom. The van der Waals surface area contributed by atoms with Crippen LogP contribution in [-0.2, 0) is 6.42 Å². The average molecular weight is 249 g/mol. The van der Waals surface area contributed by atoms with Crippen molar-refractivity contribution in [3.05, 3.63) is 39.9 Å². The molecule has 0 spiro atoms. The van der Waals surface area contributed by atoms with Gasteiger partial charge in [-0.1, -0.05) is 12.1 Å². The van der Waals surface area contributed by atoms with Gasteiger partial charge >= 0.3 is 0 Å². The molecule has 1 atom stereocenters. The van der Waals surface area contributed by atoms with Crippen LogP contribution < -0.4 is 5.73 Å². The first-order valence-corrected chi connectivity index (χ1v) is 6.36. The maximum Gasteiger partial charge on any atom is 0.269 e. The van der Waals surface area contributed by atoms with Crippen LogP contribution >= 0.6 is 0 Å². The molecule has 1 aromatic rings. The van der Waals surface area contributed by atoms with E-state index in [2.05, 4.69) is 4.90 Å². The molecule has 0 radical (unpaired) electrons. The molecule has 0 bridgehead atoms. The van der Waals surface area contributed by atoms with Crippen molar-refractivity contribution < 1.29 is 4.92 Å². The molecule has 0 amide bonds. The molecule has 98 valence electrons. The van der Waals surface area contributed by atoms with Gasteiger partial charge in [0, 0.05) is 31.3 Å². The van der Waals surface area contributed by atoms with E-state index in [-0.39, 0.29) is 10.6 Å². The molecule has 1 fully saturated rings. The minimum Gasteiger partial charge on any atom is -0.327 e. The van der Waals surface area contributed by atoms with Crippen molar-refractivity contribution in [3.8, 4) is 0 Å². The highest BCUT2D eigenvalue weighted by molar-refractivity contribution is 5.32. The van der Waals surface area contributed by atoms with Gasteiger partial charge in [0.15, 0.2) is 0 Å². The Morgan fingerprint density at radius 2 is 2.11 bits per heavy atom. The van der Waals surface area contributed by atoms with Gasteiger partial charge in [-0.2, -0.15) is 0 Å². The lowest BCUT2D eigenvalue weighted by Crippen LogP contribution is -2.43. The third kappa shape index (κ3) is 3.51. The van der Waals surface area contributed by atoms with Crippen molar-refractivity contribution in [2.24, 2.45) is 5.73 Å². The fourth-order valence-electron chi connectivity index (χ4n) is 2.37. The van der Waals surface area contributed by atoms with Gasteiger partial charge in [-0.05, 0) is 31.4 Å². The lowest BCUT2D eigenvalue weighted by atomic mass is 10.1. The molecule has 0 aliphatic carbocycles. The summed E-state index contributed by atoms with van der Waals surface area (Å²) in [6, 6.07) is 7.11. The summed E-state index contributed by atoms with van der Waals surface area (Å²) in [5.74, 6) is 0. The number of nitrogens with zero attached hydrogens (tertiary/aromatic N) is 2. The van der Waals surface area contributed by atoms with Crippen molar-refractivity contribution in [1.29, 1.82) is 0 Å². The summed E-state index contributed by atoms with van der Waals surface area (Å²) in [5, 5.41) is 10.5. The number of benzene rings is 1. The molecule has 2 rings (SSSR count). The summed E-state index contributed by atoms with van der Waals surface area (Å²) >= 11 is 0. The molecule has 1 unspecified atom stereocenters. The van der Waals surface area contributed by atoms with Crippen molar-refractivity contribution in [3.63, 3.8) is 0 Å². The number of hydrogen-bond donors (Lipinski definition) is 1. The van der Waals surface area contributed by atoms with Gasteiger partial charge in [0.1, 0.15) is 0 Å². The number of piperidine rings is 1. The third-order valence-electron chi connectivity index (χ3n) is 3.41. The Hall–Kier alpha value is -1.46. The van der Waals surface area contributed by atoms with E-state index >= 15 is 0 Å². The van der Waals surface area contributed by atoms with E-state index in [9.17, 15) is 10.1 Å². The molecule has 1 aromatic carbocycles. The van der Waals surface area contributed by atoms with Gasteiger partial charge in [-0.25, -0.2) is 0 Å². The van der Waals surface area contributed by atoms with Crippen molar-refractivity contribution in [2.45, 2.75) is 25.3 Å². The van der Waals surface area contributed by atoms with Crippen molar-refractivity contribution in [2.75, 3.05) is 19.6 Å². The summed E-state index contributed by atoms with van der Waals surface area (Å²) in [5.41, 5.74) is 7.22. The van der Waals surface area contributed by atoms with Crippen LogP contribution in [0.3, 0.4) is 0 Å². The highest BCUT2D eigenvalue weighted by Gasteiger charge is 2.16. The lowest BCUT2D eigenvalue weighted by molar-refractivity contribution is -0.384. The van der Waals surface area contributed by atoms with E-state index in [0.29, 0.717) is 6.04 Å². The molecule has 2 N–H and O–H groups in total.